The minimum absolute atomic E-state index is 0.0471. The zero-order valence-corrected chi connectivity index (χ0v) is 13.5. The number of hydrogen-bond donors (Lipinski definition) is 1. The third-order valence-electron chi connectivity index (χ3n) is 2.44. The molecule has 0 bridgehead atoms. The van der Waals surface area contributed by atoms with Gasteiger partial charge in [-0.2, -0.15) is 0 Å². The standard InChI is InChI=1S/C12H13BrN2OS2/c1-6-4-9(18-10(6)13)11(16)15-8(3)12-14-7(2)5-17-12/h4-5,8H,1-3H3,(H,15,16). The average Bonchev–Trinajstić information content (AvgIpc) is 2.86. The first-order chi connectivity index (χ1) is 8.47. The Balaban J connectivity index is 2.07. The quantitative estimate of drug-likeness (QED) is 0.911. The van der Waals surface area contributed by atoms with Gasteiger partial charge in [-0.1, -0.05) is 0 Å². The van der Waals surface area contributed by atoms with E-state index in [-0.39, 0.29) is 11.9 Å². The lowest BCUT2D eigenvalue weighted by atomic mass is 10.3. The van der Waals surface area contributed by atoms with Gasteiger partial charge in [-0.25, -0.2) is 4.98 Å². The molecular weight excluding hydrogens is 332 g/mol. The fraction of sp³-hybridized carbons (Fsp3) is 0.333. The van der Waals surface area contributed by atoms with Crippen molar-refractivity contribution < 1.29 is 4.79 Å². The number of carbonyl (C=O) groups is 1. The van der Waals surface area contributed by atoms with Crippen LogP contribution in [-0.2, 0) is 0 Å². The predicted molar refractivity (Wildman–Crippen MR) is 79.5 cm³/mol. The van der Waals surface area contributed by atoms with Crippen LogP contribution < -0.4 is 5.32 Å². The molecule has 0 aliphatic carbocycles. The van der Waals surface area contributed by atoms with Crippen LogP contribution in [0, 0.1) is 13.8 Å². The average molecular weight is 345 g/mol. The van der Waals surface area contributed by atoms with E-state index in [2.05, 4.69) is 26.2 Å². The molecule has 3 nitrogen and oxygen atoms in total. The van der Waals surface area contributed by atoms with Crippen LogP contribution in [0.5, 0.6) is 0 Å². The van der Waals surface area contributed by atoms with Crippen molar-refractivity contribution in [3.8, 4) is 0 Å². The van der Waals surface area contributed by atoms with Crippen molar-refractivity contribution in [1.82, 2.24) is 10.3 Å². The van der Waals surface area contributed by atoms with Gasteiger partial charge in [0, 0.05) is 11.1 Å². The number of nitrogens with zero attached hydrogens (tertiary/aromatic N) is 1. The molecule has 18 heavy (non-hydrogen) atoms. The number of thiazole rings is 1. The summed E-state index contributed by atoms with van der Waals surface area (Å²) in [5.41, 5.74) is 2.08. The highest BCUT2D eigenvalue weighted by atomic mass is 79.9. The molecule has 0 fully saturated rings. The molecule has 6 heteroatoms. The molecule has 96 valence electrons. The molecule has 0 spiro atoms. The van der Waals surface area contributed by atoms with Crippen molar-refractivity contribution in [1.29, 1.82) is 0 Å². The molecule has 2 aromatic heterocycles. The van der Waals surface area contributed by atoms with Crippen molar-refractivity contribution in [3.05, 3.63) is 36.4 Å². The number of thiophene rings is 1. The number of rotatable bonds is 3. The van der Waals surface area contributed by atoms with Crippen molar-refractivity contribution >= 4 is 44.5 Å². The van der Waals surface area contributed by atoms with Crippen molar-refractivity contribution in [3.63, 3.8) is 0 Å². The summed E-state index contributed by atoms with van der Waals surface area (Å²) in [5, 5.41) is 5.89. The van der Waals surface area contributed by atoms with E-state index in [0.29, 0.717) is 0 Å². The van der Waals surface area contributed by atoms with Crippen LogP contribution in [0.3, 0.4) is 0 Å². The summed E-state index contributed by atoms with van der Waals surface area (Å²) in [6.45, 7) is 5.88. The molecule has 2 rings (SSSR count). The minimum atomic E-state index is -0.0580. The fourth-order valence-electron chi connectivity index (χ4n) is 1.47. The van der Waals surface area contributed by atoms with Gasteiger partial charge in [-0.15, -0.1) is 22.7 Å². The second kappa shape index (κ2) is 5.50. The molecule has 0 saturated heterocycles. The van der Waals surface area contributed by atoms with Gasteiger partial charge in [0.2, 0.25) is 0 Å². The number of carbonyl (C=O) groups excluding carboxylic acids is 1. The number of nitrogens with one attached hydrogen (secondary N) is 1. The van der Waals surface area contributed by atoms with Crippen LogP contribution in [0.25, 0.3) is 0 Å². The summed E-state index contributed by atoms with van der Waals surface area (Å²) in [5.74, 6) is -0.0471. The van der Waals surface area contributed by atoms with Crippen molar-refractivity contribution in [2.45, 2.75) is 26.8 Å². The SMILES string of the molecule is Cc1csc(C(C)NC(=O)c2cc(C)c(Br)s2)n1. The highest BCUT2D eigenvalue weighted by Gasteiger charge is 2.16. The maximum Gasteiger partial charge on any atom is 0.261 e. The highest BCUT2D eigenvalue weighted by Crippen LogP contribution is 2.28. The topological polar surface area (TPSA) is 42.0 Å². The third-order valence-corrected chi connectivity index (χ3v) is 5.72. The van der Waals surface area contributed by atoms with Crippen LogP contribution in [0.15, 0.2) is 15.2 Å². The maximum atomic E-state index is 12.1. The minimum Gasteiger partial charge on any atom is -0.342 e. The van der Waals surface area contributed by atoms with E-state index in [9.17, 15) is 4.79 Å². The number of hydrogen-bond acceptors (Lipinski definition) is 4. The Labute approximate surface area is 122 Å². The molecule has 0 radical (unpaired) electrons. The molecule has 0 aromatic carbocycles. The van der Waals surface area contributed by atoms with Gasteiger partial charge in [0.05, 0.1) is 14.7 Å². The van der Waals surface area contributed by atoms with Gasteiger partial charge in [0.1, 0.15) is 5.01 Å². The monoisotopic (exact) mass is 344 g/mol. The smallest absolute Gasteiger partial charge is 0.261 e. The Bertz CT molecular complexity index is 557. The Hall–Kier alpha value is -0.720. The molecule has 0 saturated carbocycles. The molecule has 2 aromatic rings. The Morgan fingerprint density at radius 1 is 1.50 bits per heavy atom. The molecule has 0 aliphatic heterocycles. The number of amides is 1. The lowest BCUT2D eigenvalue weighted by Crippen LogP contribution is -2.25. The summed E-state index contributed by atoms with van der Waals surface area (Å²) in [4.78, 5) is 17.2. The highest BCUT2D eigenvalue weighted by molar-refractivity contribution is 9.11. The van der Waals surface area contributed by atoms with E-state index in [0.717, 1.165) is 24.9 Å². The first-order valence-electron chi connectivity index (χ1n) is 5.46. The third kappa shape index (κ3) is 2.99. The molecule has 1 atom stereocenters. The summed E-state index contributed by atoms with van der Waals surface area (Å²) in [7, 11) is 0. The largest absolute Gasteiger partial charge is 0.342 e. The van der Waals surface area contributed by atoms with Crippen LogP contribution in [0.2, 0.25) is 0 Å². The summed E-state index contributed by atoms with van der Waals surface area (Å²) >= 11 is 6.45. The van der Waals surface area contributed by atoms with Gasteiger partial charge < -0.3 is 5.32 Å². The van der Waals surface area contributed by atoms with Crippen LogP contribution >= 0.6 is 38.6 Å². The van der Waals surface area contributed by atoms with Gasteiger partial charge in [0.15, 0.2) is 0 Å². The fourth-order valence-corrected chi connectivity index (χ4v) is 3.71. The lowest BCUT2D eigenvalue weighted by molar-refractivity contribution is 0.0944. The van der Waals surface area contributed by atoms with E-state index < -0.39 is 0 Å². The molecule has 2 heterocycles. The zero-order chi connectivity index (χ0) is 13.3. The lowest BCUT2D eigenvalue weighted by Gasteiger charge is -2.09. The van der Waals surface area contributed by atoms with Gasteiger partial charge in [-0.3, -0.25) is 4.79 Å². The normalized spacial score (nSPS) is 12.4. The van der Waals surface area contributed by atoms with Gasteiger partial charge in [0.25, 0.3) is 5.91 Å². The summed E-state index contributed by atoms with van der Waals surface area (Å²) in [6, 6.07) is 1.83. The Kier molecular flexibility index (Phi) is 4.19. The zero-order valence-electron chi connectivity index (χ0n) is 10.3. The maximum absolute atomic E-state index is 12.1. The molecular formula is C12H13BrN2OS2. The number of aryl methyl sites for hydroxylation is 2. The predicted octanol–water partition coefficient (Wildman–Crippen LogP) is 4.07. The van der Waals surface area contributed by atoms with E-state index >= 15 is 0 Å². The van der Waals surface area contributed by atoms with E-state index in [4.69, 9.17) is 0 Å². The molecule has 1 amide bonds. The second-order valence-electron chi connectivity index (χ2n) is 4.09. The van der Waals surface area contributed by atoms with Crippen LogP contribution in [0.1, 0.15) is 38.9 Å². The van der Waals surface area contributed by atoms with Gasteiger partial charge in [-0.05, 0) is 48.3 Å². The molecule has 1 N–H and O–H groups in total. The van der Waals surface area contributed by atoms with Crippen molar-refractivity contribution in [2.24, 2.45) is 0 Å². The molecule has 1 unspecified atom stereocenters. The molecule has 0 aliphatic rings. The number of halogens is 1. The Morgan fingerprint density at radius 2 is 2.22 bits per heavy atom. The van der Waals surface area contributed by atoms with E-state index in [1.54, 1.807) is 11.3 Å². The Morgan fingerprint density at radius 3 is 2.72 bits per heavy atom. The first kappa shape index (κ1) is 13.7. The van der Waals surface area contributed by atoms with Crippen LogP contribution in [0.4, 0.5) is 0 Å². The first-order valence-corrected chi connectivity index (χ1v) is 7.95. The number of aromatic nitrogens is 1. The van der Waals surface area contributed by atoms with Crippen molar-refractivity contribution in [2.75, 3.05) is 0 Å². The van der Waals surface area contributed by atoms with Gasteiger partial charge >= 0.3 is 0 Å². The summed E-state index contributed by atoms with van der Waals surface area (Å²) < 4.78 is 1.00. The summed E-state index contributed by atoms with van der Waals surface area (Å²) in [6.07, 6.45) is 0. The van der Waals surface area contributed by atoms with Crippen LogP contribution in [-0.4, -0.2) is 10.9 Å². The second-order valence-corrected chi connectivity index (χ2v) is 7.35. The van der Waals surface area contributed by atoms with E-state index in [1.807, 2.05) is 32.2 Å². The van der Waals surface area contributed by atoms with E-state index in [1.165, 1.54) is 11.3 Å².